The van der Waals surface area contributed by atoms with E-state index in [4.69, 9.17) is 5.41 Å². The second-order valence-electron chi connectivity index (χ2n) is 4.93. The lowest BCUT2D eigenvalue weighted by molar-refractivity contribution is -0.384. The van der Waals surface area contributed by atoms with Crippen LogP contribution in [-0.4, -0.2) is 22.2 Å². The van der Waals surface area contributed by atoms with Crippen molar-refractivity contribution >= 4 is 23.0 Å². The van der Waals surface area contributed by atoms with E-state index in [0.29, 0.717) is 5.56 Å². The number of nitrogens with zero attached hydrogens (tertiary/aromatic N) is 1. The molecule has 0 heterocycles. The summed E-state index contributed by atoms with van der Waals surface area (Å²) in [6.07, 6.45) is 0. The highest BCUT2D eigenvalue weighted by atomic mass is 16.6. The van der Waals surface area contributed by atoms with Crippen molar-refractivity contribution in [1.29, 1.82) is 5.41 Å². The average Bonchev–Trinajstić information content (AvgIpc) is 2.53. The van der Waals surface area contributed by atoms with Gasteiger partial charge in [-0.25, -0.2) is 0 Å². The summed E-state index contributed by atoms with van der Waals surface area (Å²) < 4.78 is 0. The summed E-state index contributed by atoms with van der Waals surface area (Å²) in [5.41, 5.74) is 0.508. The number of hydrogen-bond acceptors (Lipinski definition) is 5. The maximum atomic E-state index is 12.6. The Labute approximate surface area is 125 Å². The molecule has 0 radical (unpaired) electrons. The Bertz CT molecular complexity index is 824. The van der Waals surface area contributed by atoms with Crippen LogP contribution >= 0.6 is 0 Å². The molecule has 2 aromatic carbocycles. The molecule has 3 rings (SSSR count). The molecule has 6 heteroatoms. The lowest BCUT2D eigenvalue weighted by Gasteiger charge is -2.23. The number of carbonyl (C=O) groups is 2. The molecule has 0 aliphatic heterocycles. The van der Waals surface area contributed by atoms with Crippen molar-refractivity contribution in [2.45, 2.75) is 5.92 Å². The Morgan fingerprint density at radius 3 is 2.14 bits per heavy atom. The fourth-order valence-corrected chi connectivity index (χ4v) is 2.57. The summed E-state index contributed by atoms with van der Waals surface area (Å²) in [7, 11) is 0. The van der Waals surface area contributed by atoms with Gasteiger partial charge in [0, 0.05) is 23.3 Å². The van der Waals surface area contributed by atoms with E-state index in [9.17, 15) is 19.7 Å². The number of hydrogen-bond donors (Lipinski definition) is 1. The SMILES string of the molecule is N=C1C(=O)c2ccccc2C(=O)[C@H]1c1ccc([N+](=O)[O-])cc1. The van der Waals surface area contributed by atoms with E-state index in [1.54, 1.807) is 18.2 Å². The molecule has 22 heavy (non-hydrogen) atoms. The number of non-ortho nitro benzene ring substituents is 1. The number of ketones is 2. The topological polar surface area (TPSA) is 101 Å². The summed E-state index contributed by atoms with van der Waals surface area (Å²) in [4.78, 5) is 34.9. The van der Waals surface area contributed by atoms with Gasteiger partial charge in [-0.15, -0.1) is 0 Å². The van der Waals surface area contributed by atoms with Gasteiger partial charge in [-0.05, 0) is 5.56 Å². The van der Waals surface area contributed by atoms with Crippen molar-refractivity contribution in [3.8, 4) is 0 Å². The molecule has 0 aromatic heterocycles. The van der Waals surface area contributed by atoms with Crippen LogP contribution in [0.2, 0.25) is 0 Å². The number of benzene rings is 2. The van der Waals surface area contributed by atoms with Crippen LogP contribution in [-0.2, 0) is 0 Å². The highest BCUT2D eigenvalue weighted by molar-refractivity contribution is 6.54. The number of fused-ring (bicyclic) bond motifs is 1. The van der Waals surface area contributed by atoms with Gasteiger partial charge in [0.15, 0.2) is 5.78 Å². The number of Topliss-reactive ketones (excluding diaryl/α,β-unsaturated/α-hetero) is 2. The maximum absolute atomic E-state index is 12.6. The van der Waals surface area contributed by atoms with Gasteiger partial charge < -0.3 is 5.41 Å². The van der Waals surface area contributed by atoms with Crippen LogP contribution in [0.3, 0.4) is 0 Å². The normalized spacial score (nSPS) is 17.3. The summed E-state index contributed by atoms with van der Waals surface area (Å²) in [5.74, 6) is -1.84. The van der Waals surface area contributed by atoms with Crippen LogP contribution in [0.25, 0.3) is 0 Å². The molecule has 1 N–H and O–H groups in total. The zero-order valence-corrected chi connectivity index (χ0v) is 11.3. The van der Waals surface area contributed by atoms with Gasteiger partial charge in [-0.2, -0.15) is 0 Å². The van der Waals surface area contributed by atoms with Gasteiger partial charge in [0.2, 0.25) is 5.78 Å². The molecule has 0 unspecified atom stereocenters. The van der Waals surface area contributed by atoms with E-state index in [0.717, 1.165) is 0 Å². The molecule has 0 saturated heterocycles. The summed E-state index contributed by atoms with van der Waals surface area (Å²) in [6.45, 7) is 0. The molecule has 0 amide bonds. The van der Waals surface area contributed by atoms with Gasteiger partial charge >= 0.3 is 0 Å². The van der Waals surface area contributed by atoms with Crippen molar-refractivity contribution in [2.75, 3.05) is 0 Å². The van der Waals surface area contributed by atoms with Crippen LogP contribution in [0.1, 0.15) is 32.2 Å². The second-order valence-corrected chi connectivity index (χ2v) is 4.93. The van der Waals surface area contributed by atoms with E-state index in [1.165, 1.54) is 30.3 Å². The Morgan fingerprint density at radius 1 is 0.955 bits per heavy atom. The molecule has 108 valence electrons. The Kier molecular flexibility index (Phi) is 3.14. The maximum Gasteiger partial charge on any atom is 0.269 e. The summed E-state index contributed by atoms with van der Waals surface area (Å²) in [5, 5.41) is 18.7. The van der Waals surface area contributed by atoms with E-state index in [1.807, 2.05) is 0 Å². The third-order valence-electron chi connectivity index (χ3n) is 3.67. The van der Waals surface area contributed by atoms with Crippen molar-refractivity contribution in [1.82, 2.24) is 0 Å². The molecule has 0 bridgehead atoms. The summed E-state index contributed by atoms with van der Waals surface area (Å²) in [6, 6.07) is 11.7. The van der Waals surface area contributed by atoms with E-state index < -0.39 is 16.6 Å². The molecule has 1 aliphatic carbocycles. The van der Waals surface area contributed by atoms with Crippen LogP contribution in [0.15, 0.2) is 48.5 Å². The smallest absolute Gasteiger partial charge is 0.269 e. The van der Waals surface area contributed by atoms with Crippen LogP contribution in [0, 0.1) is 15.5 Å². The van der Waals surface area contributed by atoms with Gasteiger partial charge in [0.25, 0.3) is 5.69 Å². The van der Waals surface area contributed by atoms with Gasteiger partial charge in [0.05, 0.1) is 16.6 Å². The van der Waals surface area contributed by atoms with E-state index in [2.05, 4.69) is 0 Å². The lowest BCUT2D eigenvalue weighted by atomic mass is 9.77. The highest BCUT2D eigenvalue weighted by Crippen LogP contribution is 2.31. The number of nitrogens with one attached hydrogen (secondary N) is 1. The monoisotopic (exact) mass is 294 g/mol. The third kappa shape index (κ3) is 2.01. The van der Waals surface area contributed by atoms with E-state index >= 15 is 0 Å². The molecule has 0 spiro atoms. The van der Waals surface area contributed by atoms with Crippen LogP contribution < -0.4 is 0 Å². The minimum atomic E-state index is -1.01. The number of carbonyl (C=O) groups excluding carboxylic acids is 2. The zero-order chi connectivity index (χ0) is 15.9. The predicted molar refractivity (Wildman–Crippen MR) is 78.7 cm³/mol. The largest absolute Gasteiger partial charge is 0.300 e. The first kappa shape index (κ1) is 13.8. The lowest BCUT2D eigenvalue weighted by Crippen LogP contribution is -2.34. The summed E-state index contributed by atoms with van der Waals surface area (Å²) >= 11 is 0. The van der Waals surface area contributed by atoms with Gasteiger partial charge in [0.1, 0.15) is 0 Å². The number of nitro groups is 1. The first-order valence-corrected chi connectivity index (χ1v) is 6.51. The van der Waals surface area contributed by atoms with Crippen LogP contribution in [0.5, 0.6) is 0 Å². The Balaban J connectivity index is 2.08. The van der Waals surface area contributed by atoms with Crippen molar-refractivity contribution < 1.29 is 14.5 Å². The van der Waals surface area contributed by atoms with Gasteiger partial charge in [-0.1, -0.05) is 36.4 Å². The van der Waals surface area contributed by atoms with Crippen molar-refractivity contribution in [3.63, 3.8) is 0 Å². The van der Waals surface area contributed by atoms with Crippen LogP contribution in [0.4, 0.5) is 5.69 Å². The quantitative estimate of drug-likeness (QED) is 0.679. The number of rotatable bonds is 2. The average molecular weight is 294 g/mol. The Hall–Kier alpha value is -3.15. The second kappa shape index (κ2) is 5.00. The zero-order valence-electron chi connectivity index (χ0n) is 11.3. The first-order chi connectivity index (χ1) is 10.5. The minimum absolute atomic E-state index is 0.106. The number of nitro benzene ring substituents is 1. The van der Waals surface area contributed by atoms with Crippen molar-refractivity contribution in [3.05, 3.63) is 75.3 Å². The van der Waals surface area contributed by atoms with E-state index in [-0.39, 0.29) is 28.3 Å². The molecule has 6 nitrogen and oxygen atoms in total. The first-order valence-electron chi connectivity index (χ1n) is 6.51. The standard InChI is InChI=1S/C16H10N2O4/c17-14-13(9-5-7-10(8-6-9)18(21)22)15(19)11-3-1-2-4-12(11)16(14)20/h1-8,13,17H/t13-/m0/s1. The Morgan fingerprint density at radius 2 is 1.55 bits per heavy atom. The third-order valence-corrected chi connectivity index (χ3v) is 3.67. The minimum Gasteiger partial charge on any atom is -0.300 e. The predicted octanol–water partition coefficient (Wildman–Crippen LogP) is 2.78. The molecular weight excluding hydrogens is 284 g/mol. The fourth-order valence-electron chi connectivity index (χ4n) is 2.57. The molecule has 0 saturated carbocycles. The fraction of sp³-hybridized carbons (Fsp3) is 0.0625. The molecule has 1 atom stereocenters. The van der Waals surface area contributed by atoms with Crippen molar-refractivity contribution in [2.24, 2.45) is 0 Å². The molecular formula is C16H10N2O4. The molecule has 1 aliphatic rings. The highest BCUT2D eigenvalue weighted by Gasteiger charge is 2.38. The molecule has 0 fully saturated rings. The van der Waals surface area contributed by atoms with Gasteiger partial charge in [-0.3, -0.25) is 19.7 Å². The molecule has 2 aromatic rings.